The summed E-state index contributed by atoms with van der Waals surface area (Å²) in [6.07, 6.45) is 10.1. The highest BCUT2D eigenvalue weighted by Gasteiger charge is 2.29. The fourth-order valence-corrected chi connectivity index (χ4v) is 4.10. The summed E-state index contributed by atoms with van der Waals surface area (Å²) in [4.78, 5) is 32.0. The number of aromatic nitrogens is 1. The van der Waals surface area contributed by atoms with Crippen molar-refractivity contribution >= 4 is 11.8 Å². The third-order valence-corrected chi connectivity index (χ3v) is 5.64. The molecule has 1 saturated carbocycles. The molecule has 0 bridgehead atoms. The lowest BCUT2D eigenvalue weighted by molar-refractivity contribution is -0.132. The van der Waals surface area contributed by atoms with Crippen molar-refractivity contribution in [3.63, 3.8) is 0 Å². The van der Waals surface area contributed by atoms with E-state index in [1.54, 1.807) is 4.57 Å². The first-order chi connectivity index (χ1) is 12.6. The maximum atomic E-state index is 13.2. The minimum Gasteiger partial charge on any atom is -0.342 e. The summed E-state index contributed by atoms with van der Waals surface area (Å²) < 4.78 is 1.73. The van der Waals surface area contributed by atoms with E-state index in [0.717, 1.165) is 43.3 Å². The molecule has 1 saturated heterocycles. The fraction of sp³-hybridized carbons (Fsp3) is 0.667. The minimum atomic E-state index is -0.132. The molecule has 2 aliphatic rings. The number of hydrogen-bond donors (Lipinski definition) is 0. The molecule has 3 rings (SSSR count). The number of carbonyl (C=O) groups is 2. The molecule has 26 heavy (non-hydrogen) atoms. The molecule has 0 radical (unpaired) electrons. The van der Waals surface area contributed by atoms with Gasteiger partial charge in [-0.1, -0.05) is 26.2 Å². The van der Waals surface area contributed by atoms with Crippen molar-refractivity contribution in [2.24, 2.45) is 10.9 Å². The molecule has 5 nitrogen and oxygen atoms in total. The van der Waals surface area contributed by atoms with Gasteiger partial charge in [0, 0.05) is 25.7 Å². The molecule has 1 aliphatic heterocycles. The van der Waals surface area contributed by atoms with E-state index in [0.29, 0.717) is 19.0 Å². The van der Waals surface area contributed by atoms with Crippen LogP contribution >= 0.6 is 0 Å². The van der Waals surface area contributed by atoms with Crippen molar-refractivity contribution in [3.05, 3.63) is 29.4 Å². The van der Waals surface area contributed by atoms with Crippen LogP contribution in [0.3, 0.4) is 0 Å². The second kappa shape index (κ2) is 8.65. The molecule has 142 valence electrons. The van der Waals surface area contributed by atoms with Gasteiger partial charge in [-0.15, -0.1) is 0 Å². The van der Waals surface area contributed by atoms with Crippen LogP contribution in [0.2, 0.25) is 0 Å². The summed E-state index contributed by atoms with van der Waals surface area (Å²) in [7, 11) is 0. The molecule has 1 atom stereocenters. The summed E-state index contributed by atoms with van der Waals surface area (Å²) in [6.45, 7) is 5.23. The maximum absolute atomic E-state index is 13.2. The highest BCUT2D eigenvalue weighted by atomic mass is 16.2. The van der Waals surface area contributed by atoms with E-state index in [4.69, 9.17) is 4.99 Å². The predicted molar refractivity (Wildman–Crippen MR) is 102 cm³/mol. The molecule has 2 heterocycles. The van der Waals surface area contributed by atoms with Crippen LogP contribution in [0.25, 0.3) is 0 Å². The molecular formula is C21H31N3O2. The molecule has 1 aliphatic carbocycles. The number of amides is 1. The van der Waals surface area contributed by atoms with Gasteiger partial charge in [-0.3, -0.25) is 19.1 Å². The van der Waals surface area contributed by atoms with Gasteiger partial charge in [0.15, 0.2) is 0 Å². The molecule has 1 unspecified atom stereocenters. The van der Waals surface area contributed by atoms with E-state index in [1.165, 1.54) is 19.3 Å². The van der Waals surface area contributed by atoms with Crippen molar-refractivity contribution < 1.29 is 9.59 Å². The smallest absolute Gasteiger partial charge is 0.237 e. The van der Waals surface area contributed by atoms with Crippen LogP contribution < -0.4 is 5.49 Å². The van der Waals surface area contributed by atoms with Crippen molar-refractivity contribution in [2.45, 2.75) is 71.3 Å². The Morgan fingerprint density at radius 3 is 2.65 bits per heavy atom. The number of likely N-dealkylation sites (tertiary alicyclic amines) is 1. The molecule has 0 aromatic carbocycles. The van der Waals surface area contributed by atoms with Gasteiger partial charge in [0.25, 0.3) is 0 Å². The van der Waals surface area contributed by atoms with Crippen molar-refractivity contribution in [2.75, 3.05) is 13.1 Å². The zero-order chi connectivity index (χ0) is 18.5. The Morgan fingerprint density at radius 2 is 1.92 bits per heavy atom. The van der Waals surface area contributed by atoms with Gasteiger partial charge in [0.1, 0.15) is 5.49 Å². The quantitative estimate of drug-likeness (QED) is 0.833. The summed E-state index contributed by atoms with van der Waals surface area (Å²) >= 11 is 0. The Bertz CT molecular complexity index is 716. The van der Waals surface area contributed by atoms with Crippen LogP contribution in [-0.4, -0.2) is 40.4 Å². The normalized spacial score (nSPS) is 22.5. The number of nitrogens with zero attached hydrogens (tertiary/aromatic N) is 3. The Labute approximate surface area is 156 Å². The first kappa shape index (κ1) is 18.9. The highest BCUT2D eigenvalue weighted by molar-refractivity contribution is 5.83. The van der Waals surface area contributed by atoms with E-state index in [9.17, 15) is 9.59 Å². The van der Waals surface area contributed by atoms with Gasteiger partial charge in [0.05, 0.1) is 12.0 Å². The largest absolute Gasteiger partial charge is 0.342 e. The van der Waals surface area contributed by atoms with Crippen molar-refractivity contribution in [1.29, 1.82) is 0 Å². The molecule has 1 amide bonds. The van der Waals surface area contributed by atoms with Gasteiger partial charge in [-0.05, 0) is 50.3 Å². The Balaban J connectivity index is 1.84. The summed E-state index contributed by atoms with van der Waals surface area (Å²) in [6, 6.07) is 4.31. The molecule has 0 N–H and O–H groups in total. The van der Waals surface area contributed by atoms with Gasteiger partial charge < -0.3 is 4.90 Å². The Morgan fingerprint density at radius 1 is 1.15 bits per heavy atom. The third-order valence-electron chi connectivity index (χ3n) is 5.64. The highest BCUT2D eigenvalue weighted by Crippen LogP contribution is 2.21. The van der Waals surface area contributed by atoms with Crippen LogP contribution in [0.4, 0.5) is 0 Å². The van der Waals surface area contributed by atoms with Gasteiger partial charge in [0.2, 0.25) is 11.8 Å². The van der Waals surface area contributed by atoms with Crippen molar-refractivity contribution in [1.82, 2.24) is 9.47 Å². The van der Waals surface area contributed by atoms with Gasteiger partial charge in [-0.2, -0.15) is 0 Å². The number of carbonyl (C=O) groups excluding carboxylic acids is 2. The number of pyridine rings is 1. The average molecular weight is 357 g/mol. The van der Waals surface area contributed by atoms with Crippen LogP contribution in [0.1, 0.15) is 68.6 Å². The van der Waals surface area contributed by atoms with E-state index in [-0.39, 0.29) is 17.7 Å². The zero-order valence-electron chi connectivity index (χ0n) is 16.1. The first-order valence-electron chi connectivity index (χ1n) is 10.1. The molecule has 1 aromatic heterocycles. The summed E-state index contributed by atoms with van der Waals surface area (Å²) in [5, 5.41) is 0. The van der Waals surface area contributed by atoms with Crippen molar-refractivity contribution in [3.8, 4) is 0 Å². The lowest BCUT2D eigenvalue weighted by Gasteiger charge is -2.32. The van der Waals surface area contributed by atoms with E-state index < -0.39 is 0 Å². The Kier molecular flexibility index (Phi) is 6.28. The Hall–Kier alpha value is -1.91. The van der Waals surface area contributed by atoms with E-state index >= 15 is 0 Å². The maximum Gasteiger partial charge on any atom is 0.237 e. The van der Waals surface area contributed by atoms with Crippen LogP contribution in [0.15, 0.2) is 23.3 Å². The number of piperidine rings is 1. The van der Waals surface area contributed by atoms with E-state index in [1.807, 2.05) is 37.1 Å². The minimum absolute atomic E-state index is 0.0770. The summed E-state index contributed by atoms with van der Waals surface area (Å²) in [5.41, 5.74) is 1.90. The third kappa shape index (κ3) is 4.43. The van der Waals surface area contributed by atoms with E-state index in [2.05, 4.69) is 0 Å². The second-order valence-corrected chi connectivity index (χ2v) is 7.72. The first-order valence-corrected chi connectivity index (χ1v) is 10.1. The molecule has 2 fully saturated rings. The SMILES string of the molecule is CCC(=O)N1CCCC(C(=O)n2ccc(C)cc2=NC2CCCCC2)C1. The predicted octanol–water partition coefficient (Wildman–Crippen LogP) is 3.32. The van der Waals surface area contributed by atoms with Crippen LogP contribution in [0, 0.1) is 12.8 Å². The van der Waals surface area contributed by atoms with Crippen LogP contribution in [-0.2, 0) is 4.79 Å². The summed E-state index contributed by atoms with van der Waals surface area (Å²) in [5.74, 6) is 0.0870. The monoisotopic (exact) mass is 357 g/mol. The number of hydrogen-bond acceptors (Lipinski definition) is 3. The lowest BCUT2D eigenvalue weighted by Crippen LogP contribution is -2.45. The molecule has 5 heteroatoms. The van der Waals surface area contributed by atoms with Gasteiger partial charge >= 0.3 is 0 Å². The lowest BCUT2D eigenvalue weighted by atomic mass is 9.96. The molecular weight excluding hydrogens is 326 g/mol. The standard InChI is InChI=1S/C21H31N3O2/c1-3-20(25)23-12-7-8-17(15-23)21(26)24-13-11-16(2)14-19(24)22-18-9-5-4-6-10-18/h11,13-14,17-18H,3-10,12,15H2,1-2H3. The number of rotatable bonds is 3. The molecule has 0 spiro atoms. The fourth-order valence-electron chi connectivity index (χ4n) is 4.10. The van der Waals surface area contributed by atoms with Gasteiger partial charge in [-0.25, -0.2) is 0 Å². The molecule has 1 aromatic rings. The topological polar surface area (TPSA) is 54.7 Å². The second-order valence-electron chi connectivity index (χ2n) is 7.72. The average Bonchev–Trinajstić information content (AvgIpc) is 2.68. The van der Waals surface area contributed by atoms with Crippen LogP contribution in [0.5, 0.6) is 0 Å². The zero-order valence-corrected chi connectivity index (χ0v) is 16.1. The number of aryl methyl sites for hydroxylation is 1.